The van der Waals surface area contributed by atoms with Gasteiger partial charge in [-0.1, -0.05) is 6.07 Å². The van der Waals surface area contributed by atoms with Crippen molar-refractivity contribution in [3.63, 3.8) is 0 Å². The van der Waals surface area contributed by atoms with E-state index in [4.69, 9.17) is 5.73 Å². The van der Waals surface area contributed by atoms with Crippen molar-refractivity contribution < 1.29 is 9.18 Å². The summed E-state index contributed by atoms with van der Waals surface area (Å²) in [4.78, 5) is 13.6. The Kier molecular flexibility index (Phi) is 3.28. The van der Waals surface area contributed by atoms with Crippen LogP contribution in [0.15, 0.2) is 48.5 Å². The minimum atomic E-state index is -0.424. The average molecular weight is 244 g/mol. The van der Waals surface area contributed by atoms with Gasteiger partial charge in [-0.2, -0.15) is 0 Å². The van der Waals surface area contributed by atoms with Gasteiger partial charge in [0.1, 0.15) is 5.82 Å². The zero-order valence-electron chi connectivity index (χ0n) is 9.93. The first kappa shape index (κ1) is 12.1. The zero-order chi connectivity index (χ0) is 13.1. The van der Waals surface area contributed by atoms with Gasteiger partial charge in [0, 0.05) is 24.0 Å². The Balaban J connectivity index is 2.26. The molecule has 0 bridgehead atoms. The molecule has 3 nitrogen and oxygen atoms in total. The Labute approximate surface area is 105 Å². The van der Waals surface area contributed by atoms with Gasteiger partial charge in [0.15, 0.2) is 0 Å². The number of halogens is 1. The normalized spacial score (nSPS) is 10.1. The Morgan fingerprint density at radius 1 is 1.17 bits per heavy atom. The Bertz CT molecular complexity index is 566. The summed E-state index contributed by atoms with van der Waals surface area (Å²) in [5.74, 6) is -0.689. The number of amides is 1. The zero-order valence-corrected chi connectivity index (χ0v) is 9.93. The van der Waals surface area contributed by atoms with Crippen LogP contribution >= 0.6 is 0 Å². The van der Waals surface area contributed by atoms with Crippen LogP contribution in [-0.4, -0.2) is 13.0 Å². The van der Waals surface area contributed by atoms with Crippen molar-refractivity contribution in [3.05, 3.63) is 59.9 Å². The molecule has 0 radical (unpaired) electrons. The van der Waals surface area contributed by atoms with E-state index < -0.39 is 5.82 Å². The third-order valence-electron chi connectivity index (χ3n) is 2.66. The van der Waals surface area contributed by atoms with Crippen LogP contribution in [0.5, 0.6) is 0 Å². The highest BCUT2D eigenvalue weighted by atomic mass is 19.1. The number of benzene rings is 2. The highest BCUT2D eigenvalue weighted by Crippen LogP contribution is 2.17. The van der Waals surface area contributed by atoms with Crippen LogP contribution in [0.2, 0.25) is 0 Å². The smallest absolute Gasteiger partial charge is 0.258 e. The molecule has 2 N–H and O–H groups in total. The largest absolute Gasteiger partial charge is 0.399 e. The highest BCUT2D eigenvalue weighted by molar-refractivity contribution is 6.05. The Morgan fingerprint density at radius 2 is 1.83 bits per heavy atom. The second-order valence-electron chi connectivity index (χ2n) is 3.97. The van der Waals surface area contributed by atoms with Gasteiger partial charge in [0.25, 0.3) is 5.91 Å². The number of carbonyl (C=O) groups is 1. The van der Waals surface area contributed by atoms with E-state index in [2.05, 4.69) is 0 Å². The quantitative estimate of drug-likeness (QED) is 0.825. The van der Waals surface area contributed by atoms with E-state index in [1.165, 1.54) is 23.1 Å². The molecule has 0 atom stereocenters. The number of hydrogen-bond donors (Lipinski definition) is 1. The van der Waals surface area contributed by atoms with E-state index in [-0.39, 0.29) is 5.91 Å². The SMILES string of the molecule is CN(C(=O)c1cccc(F)c1)c1ccc(N)cc1. The average Bonchev–Trinajstić information content (AvgIpc) is 2.38. The molecule has 0 aromatic heterocycles. The van der Waals surface area contributed by atoms with Crippen molar-refractivity contribution in [2.45, 2.75) is 0 Å². The summed E-state index contributed by atoms with van der Waals surface area (Å²) in [6.07, 6.45) is 0. The minimum absolute atomic E-state index is 0.265. The van der Waals surface area contributed by atoms with Gasteiger partial charge in [-0.3, -0.25) is 4.79 Å². The lowest BCUT2D eigenvalue weighted by molar-refractivity contribution is 0.0992. The lowest BCUT2D eigenvalue weighted by atomic mass is 10.2. The molecule has 18 heavy (non-hydrogen) atoms. The fraction of sp³-hybridized carbons (Fsp3) is 0.0714. The molecule has 2 rings (SSSR count). The molecule has 0 fully saturated rings. The van der Waals surface area contributed by atoms with Crippen molar-refractivity contribution in [2.24, 2.45) is 0 Å². The van der Waals surface area contributed by atoms with E-state index in [0.29, 0.717) is 16.9 Å². The predicted octanol–water partition coefficient (Wildman–Crippen LogP) is 2.68. The maximum Gasteiger partial charge on any atom is 0.258 e. The van der Waals surface area contributed by atoms with Gasteiger partial charge in [-0.25, -0.2) is 4.39 Å². The first-order valence-electron chi connectivity index (χ1n) is 5.47. The van der Waals surface area contributed by atoms with Crippen LogP contribution in [0.3, 0.4) is 0 Å². The van der Waals surface area contributed by atoms with Crippen molar-refractivity contribution >= 4 is 17.3 Å². The molecular formula is C14H13FN2O. The summed E-state index contributed by atoms with van der Waals surface area (Å²) in [6, 6.07) is 12.5. The number of carbonyl (C=O) groups excluding carboxylic acids is 1. The number of rotatable bonds is 2. The molecule has 92 valence electrons. The summed E-state index contributed by atoms with van der Waals surface area (Å²) in [5, 5.41) is 0. The molecule has 0 saturated heterocycles. The van der Waals surface area contributed by atoms with Crippen molar-refractivity contribution in [2.75, 3.05) is 17.7 Å². The van der Waals surface area contributed by atoms with Gasteiger partial charge in [0.05, 0.1) is 0 Å². The van der Waals surface area contributed by atoms with Gasteiger partial charge < -0.3 is 10.6 Å². The van der Waals surface area contributed by atoms with Gasteiger partial charge in [-0.15, -0.1) is 0 Å². The highest BCUT2D eigenvalue weighted by Gasteiger charge is 2.13. The van der Waals surface area contributed by atoms with Crippen LogP contribution in [0.1, 0.15) is 10.4 Å². The molecular weight excluding hydrogens is 231 g/mol. The second kappa shape index (κ2) is 4.87. The molecule has 0 heterocycles. The van der Waals surface area contributed by atoms with Crippen molar-refractivity contribution in [3.8, 4) is 0 Å². The molecule has 1 amide bonds. The number of nitrogens with zero attached hydrogens (tertiary/aromatic N) is 1. The molecule has 0 spiro atoms. The summed E-state index contributed by atoms with van der Waals surface area (Å²) >= 11 is 0. The monoisotopic (exact) mass is 244 g/mol. The maximum absolute atomic E-state index is 13.1. The van der Waals surface area contributed by atoms with Crippen molar-refractivity contribution in [1.82, 2.24) is 0 Å². The molecule has 0 unspecified atom stereocenters. The van der Waals surface area contributed by atoms with E-state index in [0.717, 1.165) is 0 Å². The fourth-order valence-electron chi connectivity index (χ4n) is 1.63. The van der Waals surface area contributed by atoms with Crippen molar-refractivity contribution in [1.29, 1.82) is 0 Å². The second-order valence-corrected chi connectivity index (χ2v) is 3.97. The molecule has 0 aliphatic rings. The summed E-state index contributed by atoms with van der Waals surface area (Å²) in [5.41, 5.74) is 7.23. The lowest BCUT2D eigenvalue weighted by Gasteiger charge is -2.17. The van der Waals surface area contributed by atoms with Crippen LogP contribution in [-0.2, 0) is 0 Å². The van der Waals surface area contributed by atoms with E-state index in [1.807, 2.05) is 0 Å². The molecule has 2 aromatic carbocycles. The first-order valence-corrected chi connectivity index (χ1v) is 5.47. The maximum atomic E-state index is 13.1. The van der Waals surface area contributed by atoms with Crippen LogP contribution < -0.4 is 10.6 Å². The number of hydrogen-bond acceptors (Lipinski definition) is 2. The summed E-state index contributed by atoms with van der Waals surface area (Å²) < 4.78 is 13.1. The van der Waals surface area contributed by atoms with Gasteiger partial charge in [0.2, 0.25) is 0 Å². The van der Waals surface area contributed by atoms with E-state index >= 15 is 0 Å². The third kappa shape index (κ3) is 2.48. The number of nitrogens with two attached hydrogens (primary N) is 1. The fourth-order valence-corrected chi connectivity index (χ4v) is 1.63. The summed E-state index contributed by atoms with van der Waals surface area (Å²) in [7, 11) is 1.64. The molecule has 0 aliphatic carbocycles. The Morgan fingerprint density at radius 3 is 2.44 bits per heavy atom. The predicted molar refractivity (Wildman–Crippen MR) is 70.0 cm³/mol. The van der Waals surface area contributed by atoms with Gasteiger partial charge >= 0.3 is 0 Å². The number of anilines is 2. The van der Waals surface area contributed by atoms with Crippen LogP contribution in [0.25, 0.3) is 0 Å². The Hall–Kier alpha value is -2.36. The molecule has 4 heteroatoms. The molecule has 0 saturated carbocycles. The standard InChI is InChI=1S/C14H13FN2O/c1-17(13-7-5-12(16)6-8-13)14(18)10-3-2-4-11(15)9-10/h2-9H,16H2,1H3. The number of nitrogen functional groups attached to an aromatic ring is 1. The minimum Gasteiger partial charge on any atom is -0.399 e. The van der Waals surface area contributed by atoms with E-state index in [1.54, 1.807) is 37.4 Å². The summed E-state index contributed by atoms with van der Waals surface area (Å²) in [6.45, 7) is 0. The third-order valence-corrected chi connectivity index (χ3v) is 2.66. The van der Waals surface area contributed by atoms with Crippen LogP contribution in [0.4, 0.5) is 15.8 Å². The lowest BCUT2D eigenvalue weighted by Crippen LogP contribution is -2.26. The first-order chi connectivity index (χ1) is 8.58. The molecule has 0 aliphatic heterocycles. The van der Waals surface area contributed by atoms with Gasteiger partial charge in [-0.05, 0) is 42.5 Å². The molecule has 2 aromatic rings. The van der Waals surface area contributed by atoms with Crippen LogP contribution in [0, 0.1) is 5.82 Å². The topological polar surface area (TPSA) is 46.3 Å². The van der Waals surface area contributed by atoms with E-state index in [9.17, 15) is 9.18 Å².